The fourth-order valence-corrected chi connectivity index (χ4v) is 5.97. The first-order valence-corrected chi connectivity index (χ1v) is 19.1. The first kappa shape index (κ1) is 44.9. The quantitative estimate of drug-likeness (QED) is 0.0344. The lowest BCUT2D eigenvalue weighted by Gasteiger charge is -2.28. The number of carbonyl (C=O) groups excluding carboxylic acids is 4. The van der Waals surface area contributed by atoms with Crippen LogP contribution >= 0.6 is 0 Å². The third-order valence-electron chi connectivity index (χ3n) is 8.53. The SMILES string of the molecule is CC(C)(C)OC(=O)NC1CCCc2cc(C(N)=NO)ccc21.CCC(=O)OC(=O)CC.CCc1nc(-c2ccc3c(c2)CCCC3NC(=O)OC(C)(C)C)no1. The molecule has 0 fully saturated rings. The number of fused-ring (bicyclic) bond motifs is 2. The molecule has 0 aliphatic heterocycles. The zero-order chi connectivity index (χ0) is 41.6. The van der Waals surface area contributed by atoms with E-state index in [2.05, 4.69) is 36.7 Å². The van der Waals surface area contributed by atoms with Crippen LogP contribution < -0.4 is 16.4 Å². The van der Waals surface area contributed by atoms with Gasteiger partial charge in [-0.25, -0.2) is 9.59 Å². The molecule has 2 aromatic carbocycles. The molecule has 0 radical (unpaired) electrons. The van der Waals surface area contributed by atoms with E-state index < -0.39 is 29.2 Å². The largest absolute Gasteiger partial charge is 0.444 e. The van der Waals surface area contributed by atoms with Gasteiger partial charge in [0.15, 0.2) is 5.84 Å². The second-order valence-electron chi connectivity index (χ2n) is 15.4. The van der Waals surface area contributed by atoms with Crippen molar-refractivity contribution in [2.24, 2.45) is 10.9 Å². The highest BCUT2D eigenvalue weighted by atomic mass is 16.6. The number of esters is 2. The normalized spacial score (nSPS) is 16.3. The van der Waals surface area contributed by atoms with Gasteiger partial charge >= 0.3 is 24.1 Å². The van der Waals surface area contributed by atoms with Gasteiger partial charge in [-0.05, 0) is 114 Å². The average Bonchev–Trinajstić information content (AvgIpc) is 3.63. The van der Waals surface area contributed by atoms with Gasteiger partial charge in [0.1, 0.15) is 11.2 Å². The minimum Gasteiger partial charge on any atom is -0.444 e. The Morgan fingerprint density at radius 2 is 1.32 bits per heavy atom. The number of carbonyl (C=O) groups is 4. The van der Waals surface area contributed by atoms with Gasteiger partial charge in [-0.1, -0.05) is 55.3 Å². The maximum atomic E-state index is 12.1. The molecule has 2 aliphatic carbocycles. The van der Waals surface area contributed by atoms with Crippen LogP contribution in [-0.4, -0.2) is 56.5 Å². The smallest absolute Gasteiger partial charge is 0.408 e. The maximum absolute atomic E-state index is 12.1. The lowest BCUT2D eigenvalue weighted by Crippen LogP contribution is -2.36. The van der Waals surface area contributed by atoms with Crippen molar-refractivity contribution in [3.63, 3.8) is 0 Å². The minimum atomic E-state index is -0.516. The molecule has 2 atom stereocenters. The number of amides is 2. The van der Waals surface area contributed by atoms with E-state index in [0.29, 0.717) is 17.3 Å². The molecule has 3 aromatic rings. The number of nitrogens with one attached hydrogen (secondary N) is 2. The van der Waals surface area contributed by atoms with Gasteiger partial charge in [0.25, 0.3) is 0 Å². The predicted molar refractivity (Wildman–Crippen MR) is 210 cm³/mol. The molecule has 0 bridgehead atoms. The molecule has 2 aliphatic rings. The van der Waals surface area contributed by atoms with E-state index in [-0.39, 0.29) is 36.9 Å². The zero-order valence-electron chi connectivity index (χ0n) is 34.1. The summed E-state index contributed by atoms with van der Waals surface area (Å²) in [5.74, 6) is 0.424. The average molecular weight is 779 g/mol. The summed E-state index contributed by atoms with van der Waals surface area (Å²) in [6, 6.07) is 11.7. The van der Waals surface area contributed by atoms with Gasteiger partial charge < -0.3 is 40.3 Å². The molecule has 1 aromatic heterocycles. The molecule has 5 N–H and O–H groups in total. The Hall–Kier alpha value is -5.47. The topological polar surface area (TPSA) is 218 Å². The summed E-state index contributed by atoms with van der Waals surface area (Å²) in [4.78, 5) is 49.1. The first-order valence-electron chi connectivity index (χ1n) is 19.1. The van der Waals surface area contributed by atoms with Crippen molar-refractivity contribution in [1.29, 1.82) is 0 Å². The Morgan fingerprint density at radius 1 is 0.821 bits per heavy atom. The number of hydrogen-bond acceptors (Lipinski definition) is 12. The monoisotopic (exact) mass is 778 g/mol. The Morgan fingerprint density at radius 3 is 1.77 bits per heavy atom. The highest BCUT2D eigenvalue weighted by Crippen LogP contribution is 2.33. The number of alkyl carbamates (subject to hydrolysis) is 2. The van der Waals surface area contributed by atoms with Crippen molar-refractivity contribution >= 4 is 30.0 Å². The van der Waals surface area contributed by atoms with Crippen molar-refractivity contribution in [3.8, 4) is 11.4 Å². The number of aryl methyl sites for hydroxylation is 3. The number of oxime groups is 1. The van der Waals surface area contributed by atoms with E-state index >= 15 is 0 Å². The van der Waals surface area contributed by atoms with Crippen LogP contribution in [0.5, 0.6) is 0 Å². The van der Waals surface area contributed by atoms with Crippen molar-refractivity contribution < 1.29 is 43.1 Å². The minimum absolute atomic E-state index is 0.0240. The van der Waals surface area contributed by atoms with Crippen LogP contribution in [0, 0.1) is 0 Å². The van der Waals surface area contributed by atoms with Gasteiger partial charge in [-0.15, -0.1) is 0 Å². The van der Waals surface area contributed by atoms with E-state index in [1.165, 1.54) is 5.56 Å². The molecular formula is C41H58N6O9. The van der Waals surface area contributed by atoms with Crippen LogP contribution in [0.15, 0.2) is 46.1 Å². The van der Waals surface area contributed by atoms with E-state index in [1.807, 2.05) is 72.7 Å². The second kappa shape index (κ2) is 20.4. The van der Waals surface area contributed by atoms with Gasteiger partial charge in [0.2, 0.25) is 11.7 Å². The molecule has 15 heteroatoms. The Balaban J connectivity index is 0.000000249. The summed E-state index contributed by atoms with van der Waals surface area (Å²) in [5, 5.41) is 21.7. The summed E-state index contributed by atoms with van der Waals surface area (Å²) < 4.78 is 20.2. The van der Waals surface area contributed by atoms with E-state index in [9.17, 15) is 19.2 Å². The summed E-state index contributed by atoms with van der Waals surface area (Å²) in [5.41, 5.74) is 10.8. The van der Waals surface area contributed by atoms with Crippen LogP contribution in [0.4, 0.5) is 9.59 Å². The number of amidine groups is 1. The van der Waals surface area contributed by atoms with Gasteiger partial charge in [-0.3, -0.25) is 9.59 Å². The van der Waals surface area contributed by atoms with Gasteiger partial charge in [-0.2, -0.15) is 4.98 Å². The van der Waals surface area contributed by atoms with Crippen molar-refractivity contribution in [2.75, 3.05) is 0 Å². The highest BCUT2D eigenvalue weighted by molar-refractivity contribution is 5.97. The number of rotatable bonds is 7. The third-order valence-corrected chi connectivity index (χ3v) is 8.53. The number of ether oxygens (including phenoxy) is 3. The summed E-state index contributed by atoms with van der Waals surface area (Å²) in [6.07, 6.45) is 6.10. The number of hydrogen-bond donors (Lipinski definition) is 4. The molecule has 0 spiro atoms. The lowest BCUT2D eigenvalue weighted by atomic mass is 9.86. The number of nitrogens with zero attached hydrogens (tertiary/aromatic N) is 3. The van der Waals surface area contributed by atoms with Crippen molar-refractivity contribution in [1.82, 2.24) is 20.8 Å². The molecular weight excluding hydrogens is 720 g/mol. The Kier molecular flexibility index (Phi) is 16.4. The van der Waals surface area contributed by atoms with Crippen LogP contribution in [0.1, 0.15) is 147 Å². The molecule has 2 amide bonds. The van der Waals surface area contributed by atoms with Gasteiger partial charge in [0.05, 0.1) is 12.1 Å². The summed E-state index contributed by atoms with van der Waals surface area (Å²) in [7, 11) is 0. The van der Waals surface area contributed by atoms with E-state index in [0.717, 1.165) is 67.2 Å². The molecule has 15 nitrogen and oxygen atoms in total. The molecule has 0 saturated carbocycles. The number of aromatic nitrogens is 2. The predicted octanol–water partition coefficient (Wildman–Crippen LogP) is 7.76. The fraction of sp³-hybridized carbons (Fsp3) is 0.537. The molecule has 5 rings (SSSR count). The molecule has 306 valence electrons. The first-order chi connectivity index (χ1) is 26.4. The second-order valence-corrected chi connectivity index (χ2v) is 15.4. The molecule has 1 heterocycles. The molecule has 0 saturated heterocycles. The Bertz CT molecular complexity index is 1830. The highest BCUT2D eigenvalue weighted by Gasteiger charge is 2.27. The van der Waals surface area contributed by atoms with Gasteiger partial charge in [0, 0.05) is 30.4 Å². The fourth-order valence-electron chi connectivity index (χ4n) is 5.97. The summed E-state index contributed by atoms with van der Waals surface area (Å²) in [6.45, 7) is 16.4. The third kappa shape index (κ3) is 14.3. The lowest BCUT2D eigenvalue weighted by molar-refractivity contribution is -0.159. The van der Waals surface area contributed by atoms with E-state index in [1.54, 1.807) is 19.9 Å². The van der Waals surface area contributed by atoms with Crippen LogP contribution in [0.25, 0.3) is 11.4 Å². The van der Waals surface area contributed by atoms with E-state index in [4.69, 9.17) is 24.9 Å². The number of nitrogens with two attached hydrogens (primary N) is 1. The standard InChI is InChI=1S/C19H25N3O3.C16H23N3O3.C6H10O3/c1-5-16-21-17(22-25-16)13-9-10-14-12(11-13)7-6-8-15(14)20-18(23)24-19(2,3)4;1-16(2,3)22-15(20)18-13-6-4-5-10-9-11(14(17)19-21)7-8-12(10)13;1-3-5(7)9-6(8)4-2/h9-11,15H,5-8H2,1-4H3,(H,20,23);7-9,13,21H,4-6H2,1-3H3,(H2,17,19)(H,18,20);3-4H2,1-2H3. The summed E-state index contributed by atoms with van der Waals surface area (Å²) >= 11 is 0. The Labute approximate surface area is 329 Å². The van der Waals surface area contributed by atoms with Crippen molar-refractivity contribution in [2.45, 2.75) is 143 Å². The molecule has 56 heavy (non-hydrogen) atoms. The maximum Gasteiger partial charge on any atom is 0.408 e. The van der Waals surface area contributed by atoms with Crippen LogP contribution in [-0.2, 0) is 43.1 Å². The number of benzene rings is 2. The zero-order valence-corrected chi connectivity index (χ0v) is 34.1. The van der Waals surface area contributed by atoms with Crippen LogP contribution in [0.3, 0.4) is 0 Å². The molecule has 2 unspecified atom stereocenters. The van der Waals surface area contributed by atoms with Crippen molar-refractivity contribution in [3.05, 3.63) is 70.1 Å². The van der Waals surface area contributed by atoms with Crippen LogP contribution in [0.2, 0.25) is 0 Å².